The quantitative estimate of drug-likeness (QED) is 0.552. The van der Waals surface area contributed by atoms with Gasteiger partial charge in [0.2, 0.25) is 0 Å². The Bertz CT molecular complexity index is 629. The lowest BCUT2D eigenvalue weighted by Gasteiger charge is -2.13. The molecule has 3 heterocycles. The van der Waals surface area contributed by atoms with Crippen LogP contribution in [0.2, 0.25) is 0 Å². The van der Waals surface area contributed by atoms with Crippen molar-refractivity contribution < 1.29 is 11.4 Å². The Hall–Kier alpha value is -2.14. The summed E-state index contributed by atoms with van der Waals surface area (Å²) in [7, 11) is 0. The average Bonchev–Trinajstić information content (AvgIpc) is 2.70. The van der Waals surface area contributed by atoms with Crippen LogP contribution in [0.15, 0.2) is 73.2 Å². The highest BCUT2D eigenvalue weighted by Crippen LogP contribution is 2.06. The Balaban J connectivity index is 1.56. The summed E-state index contributed by atoms with van der Waals surface area (Å²) in [6.07, 6.45) is 5.20. The molecule has 0 amide bonds. The van der Waals surface area contributed by atoms with Gasteiger partial charge < -0.3 is 11.4 Å². The second kappa shape index (κ2) is 9.99. The van der Waals surface area contributed by atoms with Gasteiger partial charge in [0.05, 0.1) is 36.9 Å². The molecule has 0 aliphatic carbocycles. The first-order chi connectivity index (χ1) is 12.4. The zero-order valence-corrected chi connectivity index (χ0v) is 14.8. The van der Waals surface area contributed by atoms with Gasteiger partial charge in [0.15, 0.2) is 0 Å². The third-order valence-electron chi connectivity index (χ3n) is 3.28. The first kappa shape index (κ1) is 17.7. The van der Waals surface area contributed by atoms with Gasteiger partial charge in [0, 0.05) is 18.6 Å². The summed E-state index contributed by atoms with van der Waals surface area (Å²) in [5, 5.41) is 0. The van der Waals surface area contributed by atoms with Crippen molar-refractivity contribution in [2.24, 2.45) is 0 Å². The van der Waals surface area contributed by atoms with Gasteiger partial charge in [0.1, 0.15) is 0 Å². The average molecular weight is 351 g/mol. The van der Waals surface area contributed by atoms with Crippen molar-refractivity contribution in [3.63, 3.8) is 0 Å². The molecule has 0 unspecified atom stereocenters. The van der Waals surface area contributed by atoms with Gasteiger partial charge in [-0.2, -0.15) is 0 Å². The van der Waals surface area contributed by atoms with E-state index in [2.05, 4.69) is 15.0 Å². The monoisotopic (exact) mass is 351 g/mol. The molecule has 0 aromatic carbocycles. The molecule has 3 rings (SSSR count). The molecule has 0 saturated heterocycles. The van der Waals surface area contributed by atoms with Crippen LogP contribution in [0.5, 0.6) is 0 Å². The predicted molar refractivity (Wildman–Crippen MR) is 92.8 cm³/mol. The SMILES string of the molecule is c1ccc(C[O][Al]([O]Cc2ccccn2)[O]Cc2ccccn2)nc1. The van der Waals surface area contributed by atoms with Gasteiger partial charge in [-0.25, -0.2) is 0 Å². The van der Waals surface area contributed by atoms with Crippen LogP contribution in [-0.2, 0) is 31.2 Å². The Morgan fingerprint density at radius 3 is 1.20 bits per heavy atom. The Kier molecular flexibility index (Phi) is 7.06. The first-order valence-electron chi connectivity index (χ1n) is 7.95. The summed E-state index contributed by atoms with van der Waals surface area (Å²) < 4.78 is 17.5. The highest BCUT2D eigenvalue weighted by Gasteiger charge is 2.31. The Morgan fingerprint density at radius 2 is 0.920 bits per heavy atom. The van der Waals surface area contributed by atoms with E-state index in [9.17, 15) is 0 Å². The number of nitrogens with zero attached hydrogens (tertiary/aromatic N) is 3. The minimum atomic E-state index is -2.36. The zero-order valence-electron chi connectivity index (χ0n) is 13.7. The van der Waals surface area contributed by atoms with Gasteiger partial charge in [-0.05, 0) is 36.4 Å². The number of aromatic nitrogens is 3. The normalized spacial score (nSPS) is 10.6. The van der Waals surface area contributed by atoms with Gasteiger partial charge in [-0.15, -0.1) is 0 Å². The van der Waals surface area contributed by atoms with Gasteiger partial charge in [-0.1, -0.05) is 18.2 Å². The third-order valence-corrected chi connectivity index (χ3v) is 4.60. The minimum absolute atomic E-state index is 0.349. The number of pyridine rings is 3. The summed E-state index contributed by atoms with van der Waals surface area (Å²) in [5.74, 6) is 0. The maximum absolute atomic E-state index is 5.85. The van der Waals surface area contributed by atoms with E-state index < -0.39 is 15.1 Å². The fourth-order valence-corrected chi connectivity index (χ4v) is 3.26. The molecule has 0 aliphatic heterocycles. The molecule has 126 valence electrons. The van der Waals surface area contributed by atoms with Crippen molar-refractivity contribution in [2.45, 2.75) is 19.8 Å². The highest BCUT2D eigenvalue weighted by molar-refractivity contribution is 6.36. The van der Waals surface area contributed by atoms with E-state index in [-0.39, 0.29) is 0 Å². The molecule has 0 radical (unpaired) electrons. The van der Waals surface area contributed by atoms with Gasteiger partial charge in [0.25, 0.3) is 0 Å². The van der Waals surface area contributed by atoms with Crippen LogP contribution >= 0.6 is 0 Å². The molecule has 3 aromatic rings. The molecule has 0 aliphatic rings. The fraction of sp³-hybridized carbons (Fsp3) is 0.167. The zero-order chi connectivity index (χ0) is 17.2. The van der Waals surface area contributed by atoms with E-state index in [0.29, 0.717) is 19.8 Å². The second-order valence-electron chi connectivity index (χ2n) is 5.18. The van der Waals surface area contributed by atoms with Gasteiger partial charge >= 0.3 is 15.1 Å². The van der Waals surface area contributed by atoms with Crippen molar-refractivity contribution >= 4 is 15.1 Å². The molecule has 3 aromatic heterocycles. The second-order valence-corrected chi connectivity index (χ2v) is 6.76. The molecule has 6 nitrogen and oxygen atoms in total. The lowest BCUT2D eigenvalue weighted by atomic mass is 10.4. The molecule has 0 bridgehead atoms. The first-order valence-corrected chi connectivity index (χ1v) is 9.36. The molecule has 0 atom stereocenters. The van der Waals surface area contributed by atoms with Crippen LogP contribution < -0.4 is 0 Å². The highest BCUT2D eigenvalue weighted by atomic mass is 27.3. The van der Waals surface area contributed by atoms with E-state index in [1.54, 1.807) is 18.6 Å². The lowest BCUT2D eigenvalue weighted by Crippen LogP contribution is -2.27. The lowest BCUT2D eigenvalue weighted by molar-refractivity contribution is 0.0740. The van der Waals surface area contributed by atoms with Crippen molar-refractivity contribution in [2.75, 3.05) is 0 Å². The summed E-state index contributed by atoms with van der Waals surface area (Å²) >= 11 is -2.36. The van der Waals surface area contributed by atoms with Crippen molar-refractivity contribution in [3.05, 3.63) is 90.3 Å². The molecular formula is C18H18AlN3O3. The maximum atomic E-state index is 5.85. The van der Waals surface area contributed by atoms with E-state index in [1.165, 1.54) is 0 Å². The number of hydrogen-bond donors (Lipinski definition) is 0. The molecule has 0 N–H and O–H groups in total. The molecule has 7 heteroatoms. The number of rotatable bonds is 9. The van der Waals surface area contributed by atoms with Crippen LogP contribution in [0, 0.1) is 0 Å². The van der Waals surface area contributed by atoms with Gasteiger partial charge in [-0.3, -0.25) is 15.0 Å². The Morgan fingerprint density at radius 1 is 0.560 bits per heavy atom. The minimum Gasteiger partial charge on any atom is -0.449 e. The van der Waals surface area contributed by atoms with Crippen LogP contribution in [-0.4, -0.2) is 30.1 Å². The summed E-state index contributed by atoms with van der Waals surface area (Å²) in [6, 6.07) is 17.1. The molecule has 0 fully saturated rings. The van der Waals surface area contributed by atoms with Crippen LogP contribution in [0.1, 0.15) is 17.1 Å². The van der Waals surface area contributed by atoms with Crippen LogP contribution in [0.4, 0.5) is 0 Å². The third kappa shape index (κ3) is 6.35. The molecular weight excluding hydrogens is 333 g/mol. The molecule has 25 heavy (non-hydrogen) atoms. The topological polar surface area (TPSA) is 66.4 Å². The fourth-order valence-electron chi connectivity index (χ4n) is 2.06. The predicted octanol–water partition coefficient (Wildman–Crippen LogP) is 2.81. The standard InChI is InChI=1S/3C6H6NO.Al/c3*8-5-6-3-1-2-4-7-6;/h3*1-4H,5H2;/q3*-1;+3. The van der Waals surface area contributed by atoms with E-state index in [0.717, 1.165) is 17.1 Å². The van der Waals surface area contributed by atoms with E-state index in [1.807, 2.05) is 54.6 Å². The summed E-state index contributed by atoms with van der Waals surface area (Å²) in [5.41, 5.74) is 2.51. The van der Waals surface area contributed by atoms with Crippen molar-refractivity contribution in [3.8, 4) is 0 Å². The summed E-state index contributed by atoms with van der Waals surface area (Å²) in [4.78, 5) is 12.7. The van der Waals surface area contributed by atoms with Crippen molar-refractivity contribution in [1.82, 2.24) is 15.0 Å². The smallest absolute Gasteiger partial charge is 0.449 e. The summed E-state index contributed by atoms with van der Waals surface area (Å²) in [6.45, 7) is 1.05. The molecule has 0 saturated carbocycles. The van der Waals surface area contributed by atoms with E-state index >= 15 is 0 Å². The maximum Gasteiger partial charge on any atom is 0.906 e. The largest absolute Gasteiger partial charge is 0.906 e. The molecule has 0 spiro atoms. The Labute approximate surface area is 151 Å². The van der Waals surface area contributed by atoms with Crippen molar-refractivity contribution in [1.29, 1.82) is 0 Å². The van der Waals surface area contributed by atoms with E-state index in [4.69, 9.17) is 11.4 Å². The van der Waals surface area contributed by atoms with Crippen LogP contribution in [0.3, 0.4) is 0 Å². The van der Waals surface area contributed by atoms with Crippen LogP contribution in [0.25, 0.3) is 0 Å². The number of hydrogen-bond acceptors (Lipinski definition) is 6.